The Morgan fingerprint density at radius 2 is 1.51 bits per heavy atom. The largest absolute Gasteiger partial charge is 0.497 e. The van der Waals surface area contributed by atoms with Gasteiger partial charge in [0.05, 0.1) is 43.7 Å². The van der Waals surface area contributed by atoms with Gasteiger partial charge in [0.2, 0.25) is 0 Å². The Balaban J connectivity index is 1.72. The number of amidine groups is 1. The summed E-state index contributed by atoms with van der Waals surface area (Å²) in [5.74, 6) is 0.862. The number of ether oxygens (including phenoxy) is 3. The molecule has 45 heavy (non-hydrogen) atoms. The number of rotatable bonds is 8. The van der Waals surface area contributed by atoms with Gasteiger partial charge in [0, 0.05) is 16.1 Å². The van der Waals surface area contributed by atoms with Crippen molar-refractivity contribution >= 4 is 40.8 Å². The Kier molecular flexibility index (Phi) is 9.45. The van der Waals surface area contributed by atoms with Crippen LogP contribution in [0.1, 0.15) is 41.3 Å². The summed E-state index contributed by atoms with van der Waals surface area (Å²) in [6.45, 7) is 1.74. The predicted molar refractivity (Wildman–Crippen MR) is 168 cm³/mol. The van der Waals surface area contributed by atoms with Crippen molar-refractivity contribution in [1.82, 2.24) is 4.90 Å². The number of hydrogen-bond donors (Lipinski definition) is 1. The Labute approximate surface area is 268 Å². The maximum atomic E-state index is 14.4. The molecule has 0 saturated carbocycles. The number of nitrogens with zero attached hydrogens (tertiary/aromatic N) is 2. The first-order valence-electron chi connectivity index (χ1n) is 13.8. The van der Waals surface area contributed by atoms with Crippen LogP contribution in [-0.2, 0) is 6.18 Å². The van der Waals surface area contributed by atoms with Crippen molar-refractivity contribution in [3.05, 3.63) is 117 Å². The molecule has 0 aliphatic carbocycles. The van der Waals surface area contributed by atoms with E-state index in [-0.39, 0.29) is 23.8 Å². The van der Waals surface area contributed by atoms with E-state index in [0.717, 1.165) is 17.7 Å². The minimum Gasteiger partial charge on any atom is -0.497 e. The molecule has 2 atom stereocenters. The Morgan fingerprint density at radius 1 is 0.867 bits per heavy atom. The molecular weight excluding hydrogens is 630 g/mol. The molecule has 0 saturated heterocycles. The van der Waals surface area contributed by atoms with Crippen molar-refractivity contribution in [2.24, 2.45) is 4.99 Å². The van der Waals surface area contributed by atoms with Crippen LogP contribution in [0.15, 0.2) is 89.9 Å². The lowest BCUT2D eigenvalue weighted by atomic mass is 9.94. The quantitative estimate of drug-likeness (QED) is 0.205. The zero-order valence-corrected chi connectivity index (χ0v) is 25.9. The molecule has 5 rings (SSSR count). The van der Waals surface area contributed by atoms with E-state index in [9.17, 15) is 18.0 Å². The molecule has 4 aromatic carbocycles. The van der Waals surface area contributed by atoms with Crippen LogP contribution in [0.2, 0.25) is 10.0 Å². The highest BCUT2D eigenvalue weighted by atomic mass is 35.5. The molecule has 0 bridgehead atoms. The molecule has 2 unspecified atom stereocenters. The Bertz CT molecular complexity index is 1710. The van der Waals surface area contributed by atoms with E-state index in [4.69, 9.17) is 42.4 Å². The van der Waals surface area contributed by atoms with E-state index in [2.05, 4.69) is 5.32 Å². The van der Waals surface area contributed by atoms with Crippen LogP contribution in [0.3, 0.4) is 0 Å². The number of nitrogens with one attached hydrogen (secondary N) is 1. The predicted octanol–water partition coefficient (Wildman–Crippen LogP) is 9.21. The number of methoxy groups -OCH3 is 2. The third-order valence-electron chi connectivity index (χ3n) is 7.21. The van der Waals surface area contributed by atoms with Crippen LogP contribution in [0, 0.1) is 0 Å². The maximum absolute atomic E-state index is 14.4. The van der Waals surface area contributed by atoms with Gasteiger partial charge in [0.15, 0.2) is 0 Å². The summed E-state index contributed by atoms with van der Waals surface area (Å²) in [7, 11) is 2.95. The molecular formula is C33H28Cl2F3N3O4. The van der Waals surface area contributed by atoms with E-state index >= 15 is 0 Å². The monoisotopic (exact) mass is 657 g/mol. The second-order valence-corrected chi connectivity index (χ2v) is 10.8. The van der Waals surface area contributed by atoms with Crippen molar-refractivity contribution in [3.8, 4) is 17.2 Å². The Morgan fingerprint density at radius 3 is 2.09 bits per heavy atom. The summed E-state index contributed by atoms with van der Waals surface area (Å²) in [6.07, 6.45) is -4.61. The van der Waals surface area contributed by atoms with E-state index in [0.29, 0.717) is 32.8 Å². The number of anilines is 1. The van der Waals surface area contributed by atoms with Gasteiger partial charge >= 0.3 is 12.2 Å². The fraction of sp³-hybridized carbons (Fsp3) is 0.212. The van der Waals surface area contributed by atoms with Gasteiger partial charge in [-0.15, -0.1) is 0 Å². The molecule has 0 aromatic heterocycles. The van der Waals surface area contributed by atoms with Gasteiger partial charge in [-0.2, -0.15) is 13.2 Å². The van der Waals surface area contributed by atoms with Crippen LogP contribution >= 0.6 is 23.2 Å². The van der Waals surface area contributed by atoms with Crippen LogP contribution in [0.5, 0.6) is 17.2 Å². The molecule has 1 heterocycles. The molecule has 2 amide bonds. The van der Waals surface area contributed by atoms with E-state index in [1.807, 2.05) is 0 Å². The first kappa shape index (κ1) is 32.0. The average molecular weight is 659 g/mol. The number of alkyl halides is 3. The molecule has 0 radical (unpaired) electrons. The Hall–Kier alpha value is -4.41. The SMILES string of the molecule is CCOc1cc(C(F)(F)F)ccc1C1=NC(c2ccc(Cl)cc2)C(c2ccc(Cl)cc2)N1C(=O)Nc1cc(OC)ccc1OC. The van der Waals surface area contributed by atoms with Gasteiger partial charge in [-0.05, 0) is 72.6 Å². The fourth-order valence-corrected chi connectivity index (χ4v) is 5.36. The minimum absolute atomic E-state index is 0.0746. The summed E-state index contributed by atoms with van der Waals surface area (Å²) < 4.78 is 57.7. The van der Waals surface area contributed by atoms with Crippen molar-refractivity contribution in [2.75, 3.05) is 26.1 Å². The molecule has 1 aliphatic rings. The van der Waals surface area contributed by atoms with E-state index in [1.165, 1.54) is 25.2 Å². The summed E-state index contributed by atoms with van der Waals surface area (Å²) in [5.41, 5.74) is 1.01. The van der Waals surface area contributed by atoms with Gasteiger partial charge in [-0.1, -0.05) is 47.5 Å². The normalized spacial score (nSPS) is 16.3. The molecule has 1 N–H and O–H groups in total. The van der Waals surface area contributed by atoms with Crippen molar-refractivity contribution in [1.29, 1.82) is 0 Å². The fourth-order valence-electron chi connectivity index (χ4n) is 5.11. The van der Waals surface area contributed by atoms with Crippen molar-refractivity contribution in [2.45, 2.75) is 25.2 Å². The number of hydrogen-bond acceptors (Lipinski definition) is 5. The lowest BCUT2D eigenvalue weighted by Crippen LogP contribution is -2.41. The first-order chi connectivity index (χ1) is 21.5. The van der Waals surface area contributed by atoms with Crippen molar-refractivity contribution in [3.63, 3.8) is 0 Å². The number of halogens is 5. The highest BCUT2D eigenvalue weighted by Gasteiger charge is 2.44. The molecule has 1 aliphatic heterocycles. The molecule has 0 fully saturated rings. The molecule has 234 valence electrons. The second-order valence-electron chi connectivity index (χ2n) is 9.95. The number of carbonyl (C=O) groups excluding carboxylic acids is 1. The maximum Gasteiger partial charge on any atom is 0.416 e. The van der Waals surface area contributed by atoms with Crippen LogP contribution in [0.25, 0.3) is 0 Å². The summed E-state index contributed by atoms with van der Waals surface area (Å²) in [5, 5.41) is 3.88. The lowest BCUT2D eigenvalue weighted by Gasteiger charge is -2.30. The molecule has 4 aromatic rings. The van der Waals surface area contributed by atoms with Gasteiger partial charge in [-0.3, -0.25) is 9.89 Å². The van der Waals surface area contributed by atoms with Crippen LogP contribution in [0.4, 0.5) is 23.7 Å². The highest BCUT2D eigenvalue weighted by molar-refractivity contribution is 6.30. The molecule has 12 heteroatoms. The second kappa shape index (κ2) is 13.3. The summed E-state index contributed by atoms with van der Waals surface area (Å²) in [4.78, 5) is 20.8. The number of urea groups is 1. The number of amides is 2. The van der Waals surface area contributed by atoms with Gasteiger partial charge in [-0.25, -0.2) is 4.79 Å². The van der Waals surface area contributed by atoms with Gasteiger partial charge in [0.1, 0.15) is 29.1 Å². The smallest absolute Gasteiger partial charge is 0.416 e. The van der Waals surface area contributed by atoms with Crippen LogP contribution in [-0.4, -0.2) is 37.6 Å². The summed E-state index contributed by atoms with van der Waals surface area (Å²) in [6, 6.07) is 19.9. The van der Waals surface area contributed by atoms with E-state index in [1.54, 1.807) is 73.7 Å². The first-order valence-corrected chi connectivity index (χ1v) is 14.5. The van der Waals surface area contributed by atoms with Gasteiger partial charge in [0.25, 0.3) is 0 Å². The van der Waals surface area contributed by atoms with E-state index < -0.39 is 29.9 Å². The number of benzene rings is 4. The zero-order chi connectivity index (χ0) is 32.3. The zero-order valence-electron chi connectivity index (χ0n) is 24.4. The summed E-state index contributed by atoms with van der Waals surface area (Å²) >= 11 is 12.4. The lowest BCUT2D eigenvalue weighted by molar-refractivity contribution is -0.137. The average Bonchev–Trinajstić information content (AvgIpc) is 3.42. The number of carbonyl (C=O) groups is 1. The number of aliphatic imine (C=N–C) groups is 1. The minimum atomic E-state index is -4.61. The molecule has 0 spiro atoms. The standard InChI is InChI=1S/C33H28Cl2F3N3O4/c1-4-45-28-17-21(33(36,37)38)9-15-25(28)31-40-29(19-5-10-22(34)11-6-19)30(20-7-12-23(35)13-8-20)41(31)32(42)39-26-18-24(43-2)14-16-27(26)44-3/h5-18,29-30H,4H2,1-3H3,(H,39,42). The molecule has 7 nitrogen and oxygen atoms in total. The third-order valence-corrected chi connectivity index (χ3v) is 7.71. The van der Waals surface area contributed by atoms with Crippen molar-refractivity contribution < 1.29 is 32.2 Å². The third kappa shape index (κ3) is 6.82. The topological polar surface area (TPSA) is 72.4 Å². The van der Waals surface area contributed by atoms with Crippen LogP contribution < -0.4 is 19.5 Å². The highest BCUT2D eigenvalue weighted by Crippen LogP contribution is 2.46. The van der Waals surface area contributed by atoms with Gasteiger partial charge < -0.3 is 19.5 Å².